The molecule has 5 heteroatoms. The molecule has 0 aromatic heterocycles. The molecule has 13 heavy (non-hydrogen) atoms. The molecule has 1 N–H and O–H groups in total. The minimum Gasteiger partial charge on any atom is -0.256 e. The maximum atomic E-state index is 11.4. The summed E-state index contributed by atoms with van der Waals surface area (Å²) in [6, 6.07) is 6.63. The molecule has 1 aliphatic heterocycles. The number of fused-ring (bicyclic) bond motifs is 1. The minimum atomic E-state index is -3.65. The first-order valence-electron chi connectivity index (χ1n) is 3.65. The Kier molecular flexibility index (Phi) is 1.82. The number of nitrogens with one attached hydrogen (secondary N) is 1. The van der Waals surface area contributed by atoms with Gasteiger partial charge in [0.05, 0.1) is 0 Å². The van der Waals surface area contributed by atoms with Gasteiger partial charge in [-0.2, -0.15) is 8.42 Å². The quantitative estimate of drug-likeness (QED) is 0.670. The average Bonchev–Trinajstić information content (AvgIpc) is 2.26. The van der Waals surface area contributed by atoms with E-state index >= 15 is 0 Å². The van der Waals surface area contributed by atoms with Crippen LogP contribution in [0, 0.1) is 0 Å². The summed E-state index contributed by atoms with van der Waals surface area (Å²) in [7, 11) is -3.65. The molecule has 0 radical (unpaired) electrons. The first kappa shape index (κ1) is 8.28. The van der Waals surface area contributed by atoms with E-state index in [2.05, 4.69) is 9.76 Å². The molecule has 0 fully saturated rings. The second kappa shape index (κ2) is 2.86. The lowest BCUT2D eigenvalue weighted by molar-refractivity contribution is 0.252. The molecule has 1 aliphatic rings. The van der Waals surface area contributed by atoms with Crippen LogP contribution in [0.5, 0.6) is 0 Å². The lowest BCUT2D eigenvalue weighted by Gasteiger charge is -2.02. The highest BCUT2D eigenvalue weighted by atomic mass is 32.2. The summed E-state index contributed by atoms with van der Waals surface area (Å²) in [5.41, 5.74) is 2.83. The van der Waals surface area contributed by atoms with Crippen molar-refractivity contribution in [3.8, 4) is 0 Å². The largest absolute Gasteiger partial charge is 0.318 e. The molecular formula is C8H7NO3S. The molecule has 1 aromatic carbocycles. The average molecular weight is 197 g/mol. The van der Waals surface area contributed by atoms with Crippen LogP contribution in [0.3, 0.4) is 0 Å². The summed E-state index contributed by atoms with van der Waals surface area (Å²) in [5, 5.41) is 0. The molecule has 68 valence electrons. The molecular weight excluding hydrogens is 190 g/mol. The minimum absolute atomic E-state index is 0.177. The highest BCUT2D eigenvalue weighted by molar-refractivity contribution is 7.86. The van der Waals surface area contributed by atoms with Gasteiger partial charge in [0, 0.05) is 6.20 Å². The Hall–Kier alpha value is -1.33. The smallest absolute Gasteiger partial charge is 0.256 e. The Morgan fingerprint density at radius 3 is 2.85 bits per heavy atom. The lowest BCUT2D eigenvalue weighted by Crippen LogP contribution is -2.13. The molecule has 1 aromatic rings. The topological polar surface area (TPSA) is 55.4 Å². The number of rotatable bonds is 0. The third-order valence-corrected chi connectivity index (χ3v) is 2.90. The SMILES string of the molecule is O=S1(=O)ONC=Cc2ccccc21. The van der Waals surface area contributed by atoms with Crippen LogP contribution in [0.15, 0.2) is 35.4 Å². The standard InChI is InChI=1S/C8H7NO3S/c10-13(11)8-4-2-1-3-7(8)5-6-9-12-13/h1-6,9H. The first-order valence-corrected chi connectivity index (χ1v) is 5.05. The molecule has 0 saturated carbocycles. The Bertz CT molecular complexity index is 450. The molecule has 0 spiro atoms. The van der Waals surface area contributed by atoms with Crippen molar-refractivity contribution in [2.24, 2.45) is 0 Å². The maximum absolute atomic E-state index is 11.4. The van der Waals surface area contributed by atoms with Gasteiger partial charge >= 0.3 is 10.1 Å². The van der Waals surface area contributed by atoms with Crippen molar-refractivity contribution >= 4 is 16.2 Å². The van der Waals surface area contributed by atoms with Gasteiger partial charge in [0.25, 0.3) is 0 Å². The third kappa shape index (κ3) is 1.43. The van der Waals surface area contributed by atoms with Gasteiger partial charge in [0.15, 0.2) is 0 Å². The van der Waals surface area contributed by atoms with E-state index in [0.29, 0.717) is 5.56 Å². The van der Waals surface area contributed by atoms with Crippen molar-refractivity contribution in [2.75, 3.05) is 0 Å². The van der Waals surface area contributed by atoms with E-state index in [1.807, 2.05) is 0 Å². The number of hydrogen-bond acceptors (Lipinski definition) is 4. The van der Waals surface area contributed by atoms with Gasteiger partial charge in [-0.25, -0.2) is 0 Å². The van der Waals surface area contributed by atoms with E-state index < -0.39 is 10.1 Å². The Morgan fingerprint density at radius 2 is 2.00 bits per heavy atom. The third-order valence-electron chi connectivity index (χ3n) is 1.68. The number of benzene rings is 1. The van der Waals surface area contributed by atoms with Crippen LogP contribution in [-0.4, -0.2) is 8.42 Å². The van der Waals surface area contributed by atoms with E-state index in [0.717, 1.165) is 0 Å². The lowest BCUT2D eigenvalue weighted by atomic mass is 10.2. The van der Waals surface area contributed by atoms with E-state index in [4.69, 9.17) is 0 Å². The van der Waals surface area contributed by atoms with Gasteiger partial charge in [0.1, 0.15) is 4.90 Å². The molecule has 0 atom stereocenters. The predicted molar refractivity (Wildman–Crippen MR) is 46.9 cm³/mol. The van der Waals surface area contributed by atoms with Crippen molar-refractivity contribution in [3.05, 3.63) is 36.0 Å². The zero-order chi connectivity index (χ0) is 9.31. The van der Waals surface area contributed by atoms with Gasteiger partial charge in [-0.3, -0.25) is 5.48 Å². The Labute approximate surface area is 75.9 Å². The molecule has 0 amide bonds. The molecule has 1 heterocycles. The Balaban J connectivity index is 2.70. The van der Waals surface area contributed by atoms with Crippen LogP contribution in [0.1, 0.15) is 5.56 Å². The van der Waals surface area contributed by atoms with Crippen molar-refractivity contribution < 1.29 is 12.7 Å². The van der Waals surface area contributed by atoms with Gasteiger partial charge < -0.3 is 0 Å². The highest BCUT2D eigenvalue weighted by Gasteiger charge is 2.19. The fourth-order valence-electron chi connectivity index (χ4n) is 1.11. The van der Waals surface area contributed by atoms with Crippen molar-refractivity contribution in [3.63, 3.8) is 0 Å². The fraction of sp³-hybridized carbons (Fsp3) is 0. The second-order valence-corrected chi connectivity index (χ2v) is 4.04. The van der Waals surface area contributed by atoms with Crippen molar-refractivity contribution in [1.29, 1.82) is 0 Å². The van der Waals surface area contributed by atoms with Gasteiger partial charge in [-0.05, 0) is 17.7 Å². The summed E-state index contributed by atoms with van der Waals surface area (Å²) in [6.45, 7) is 0. The summed E-state index contributed by atoms with van der Waals surface area (Å²) >= 11 is 0. The zero-order valence-electron chi connectivity index (χ0n) is 6.60. The number of hydrogen-bond donors (Lipinski definition) is 1. The molecule has 0 bridgehead atoms. The maximum Gasteiger partial charge on any atom is 0.318 e. The summed E-state index contributed by atoms with van der Waals surface area (Å²) in [4.78, 5) is 0.177. The molecule has 4 nitrogen and oxygen atoms in total. The highest BCUT2D eigenvalue weighted by Crippen LogP contribution is 2.19. The van der Waals surface area contributed by atoms with Gasteiger partial charge in [0.2, 0.25) is 0 Å². The zero-order valence-corrected chi connectivity index (χ0v) is 7.41. The van der Waals surface area contributed by atoms with Crippen molar-refractivity contribution in [2.45, 2.75) is 4.90 Å². The van der Waals surface area contributed by atoms with E-state index in [1.165, 1.54) is 12.3 Å². The number of hydroxylamine groups is 1. The van der Waals surface area contributed by atoms with Crippen LogP contribution in [0.25, 0.3) is 6.08 Å². The summed E-state index contributed by atoms with van der Waals surface area (Å²) in [5.74, 6) is 0. The molecule has 0 unspecified atom stereocenters. The van der Waals surface area contributed by atoms with E-state index in [-0.39, 0.29) is 4.90 Å². The van der Waals surface area contributed by atoms with Crippen LogP contribution < -0.4 is 5.48 Å². The monoisotopic (exact) mass is 197 g/mol. The molecule has 0 aliphatic carbocycles. The van der Waals surface area contributed by atoms with Crippen LogP contribution in [0.2, 0.25) is 0 Å². The van der Waals surface area contributed by atoms with Gasteiger partial charge in [-0.1, -0.05) is 18.2 Å². The van der Waals surface area contributed by atoms with E-state index in [1.54, 1.807) is 24.3 Å². The van der Waals surface area contributed by atoms with Crippen LogP contribution >= 0.6 is 0 Å². The summed E-state index contributed by atoms with van der Waals surface area (Å²) in [6.07, 6.45) is 3.07. The second-order valence-electron chi connectivity index (χ2n) is 2.53. The van der Waals surface area contributed by atoms with Crippen LogP contribution in [-0.2, 0) is 14.4 Å². The summed E-state index contributed by atoms with van der Waals surface area (Å²) < 4.78 is 27.2. The Morgan fingerprint density at radius 1 is 1.23 bits per heavy atom. The fourth-order valence-corrected chi connectivity index (χ4v) is 2.05. The molecule has 2 rings (SSSR count). The normalized spacial score (nSPS) is 18.5. The van der Waals surface area contributed by atoms with Gasteiger partial charge in [-0.15, -0.1) is 4.28 Å². The van der Waals surface area contributed by atoms with Crippen LogP contribution in [0.4, 0.5) is 0 Å². The first-order chi connectivity index (χ1) is 6.20. The van der Waals surface area contributed by atoms with E-state index in [9.17, 15) is 8.42 Å². The molecule has 0 saturated heterocycles. The van der Waals surface area contributed by atoms with Crippen molar-refractivity contribution in [1.82, 2.24) is 5.48 Å². The predicted octanol–water partition coefficient (Wildman–Crippen LogP) is 0.881.